The predicted octanol–water partition coefficient (Wildman–Crippen LogP) is 3.59. The molecule has 0 saturated carbocycles. The molecule has 30 heavy (non-hydrogen) atoms. The second kappa shape index (κ2) is 9.28. The number of sulfone groups is 1. The van der Waals surface area contributed by atoms with Gasteiger partial charge in [-0.1, -0.05) is 66.8 Å². The number of rotatable bonds is 7. The maximum atomic E-state index is 13.5. The lowest BCUT2D eigenvalue weighted by Gasteiger charge is -2.27. The number of carbonyl (C=O) groups excluding carboxylic acids is 1. The smallest absolute Gasteiger partial charge is 0.309 e. The van der Waals surface area contributed by atoms with Crippen LogP contribution in [-0.2, 0) is 19.4 Å². The van der Waals surface area contributed by atoms with Crippen molar-refractivity contribution < 1.29 is 23.1 Å². The molecule has 5 nitrogen and oxygen atoms in total. The molecule has 1 N–H and O–H groups in total. The Morgan fingerprint density at radius 1 is 1.03 bits per heavy atom. The summed E-state index contributed by atoms with van der Waals surface area (Å²) in [4.78, 5) is 12.3. The van der Waals surface area contributed by atoms with Crippen LogP contribution in [0.5, 0.6) is 0 Å². The summed E-state index contributed by atoms with van der Waals surface area (Å²) in [6, 6.07) is 17.6. The highest BCUT2D eigenvalue weighted by atomic mass is 32.2. The van der Waals surface area contributed by atoms with E-state index in [1.807, 2.05) is 43.4 Å². The van der Waals surface area contributed by atoms with Gasteiger partial charge in [-0.3, -0.25) is 4.79 Å². The van der Waals surface area contributed by atoms with Gasteiger partial charge < -0.3 is 9.84 Å². The number of benzene rings is 2. The van der Waals surface area contributed by atoms with Crippen molar-refractivity contribution in [1.82, 2.24) is 0 Å². The highest BCUT2D eigenvalue weighted by Gasteiger charge is 2.38. The van der Waals surface area contributed by atoms with Crippen molar-refractivity contribution in [1.29, 1.82) is 0 Å². The van der Waals surface area contributed by atoms with Gasteiger partial charge >= 0.3 is 5.97 Å². The van der Waals surface area contributed by atoms with Crippen LogP contribution < -0.4 is 5.19 Å². The van der Waals surface area contributed by atoms with Crippen LogP contribution in [0.25, 0.3) is 0 Å². The normalized spacial score (nSPS) is 14.3. The Labute approximate surface area is 180 Å². The molecule has 0 aliphatic heterocycles. The molecule has 0 heterocycles. The lowest BCUT2D eigenvalue weighted by atomic mass is 10.2. The molecular formula is C23H30O5SSi. The summed E-state index contributed by atoms with van der Waals surface area (Å²) in [5, 5.41) is 11.5. The van der Waals surface area contributed by atoms with Gasteiger partial charge in [-0.15, -0.1) is 0 Å². The number of carbonyl (C=O) groups is 1. The fourth-order valence-electron chi connectivity index (χ4n) is 3.15. The van der Waals surface area contributed by atoms with E-state index in [2.05, 4.69) is 0 Å². The van der Waals surface area contributed by atoms with Crippen LogP contribution >= 0.6 is 0 Å². The number of ether oxygens (including phenoxy) is 1. The minimum atomic E-state index is -3.86. The zero-order valence-corrected chi connectivity index (χ0v) is 19.9. The Balaban J connectivity index is 2.51. The molecule has 0 unspecified atom stereocenters. The first-order valence-electron chi connectivity index (χ1n) is 9.82. The number of aliphatic hydroxyl groups excluding tert-OH is 1. The van der Waals surface area contributed by atoms with Gasteiger partial charge in [-0.25, -0.2) is 8.42 Å². The number of hydrogen-bond donors (Lipinski definition) is 1. The van der Waals surface area contributed by atoms with Gasteiger partial charge in [-0.05, 0) is 39.0 Å². The summed E-state index contributed by atoms with van der Waals surface area (Å²) in [7, 11) is -6.59. The number of aliphatic hydroxyl groups is 1. The lowest BCUT2D eigenvalue weighted by Crippen LogP contribution is -2.46. The van der Waals surface area contributed by atoms with Crippen LogP contribution in [-0.4, -0.2) is 39.3 Å². The first kappa shape index (κ1) is 24.1. The molecule has 0 radical (unpaired) electrons. The third-order valence-electron chi connectivity index (χ3n) is 4.59. The van der Waals surface area contributed by atoms with E-state index >= 15 is 0 Å². The maximum absolute atomic E-state index is 13.5. The molecule has 0 aliphatic carbocycles. The summed E-state index contributed by atoms with van der Waals surface area (Å²) in [5.41, 5.74) is -0.683. The average Bonchev–Trinajstić information content (AvgIpc) is 2.65. The van der Waals surface area contributed by atoms with Gasteiger partial charge in [0, 0.05) is 4.53 Å². The Morgan fingerprint density at radius 2 is 1.53 bits per heavy atom. The van der Waals surface area contributed by atoms with Crippen LogP contribution in [0.2, 0.25) is 13.1 Å². The van der Waals surface area contributed by atoms with Gasteiger partial charge in [0.1, 0.15) is 13.7 Å². The van der Waals surface area contributed by atoms with E-state index in [-0.39, 0.29) is 15.8 Å². The van der Waals surface area contributed by atoms with Crippen molar-refractivity contribution in [2.24, 2.45) is 0 Å². The molecule has 1 atom stereocenters. The molecule has 0 bridgehead atoms. The van der Waals surface area contributed by atoms with Gasteiger partial charge in [0.25, 0.3) is 0 Å². The fraction of sp³-hybridized carbons (Fsp3) is 0.348. The summed E-state index contributed by atoms with van der Waals surface area (Å²) in [5.74, 6) is -0.582. The van der Waals surface area contributed by atoms with Crippen molar-refractivity contribution in [3.8, 4) is 0 Å². The molecule has 2 aromatic carbocycles. The van der Waals surface area contributed by atoms with Gasteiger partial charge in [0.15, 0.2) is 9.84 Å². The van der Waals surface area contributed by atoms with Gasteiger partial charge in [0.2, 0.25) is 0 Å². The van der Waals surface area contributed by atoms with Crippen LogP contribution in [0.3, 0.4) is 0 Å². The van der Waals surface area contributed by atoms with E-state index in [0.29, 0.717) is 0 Å². The van der Waals surface area contributed by atoms with Gasteiger partial charge in [0.05, 0.1) is 17.4 Å². The molecule has 0 aliphatic rings. The minimum Gasteiger partial charge on any atom is -0.460 e. The predicted molar refractivity (Wildman–Crippen MR) is 122 cm³/mol. The largest absolute Gasteiger partial charge is 0.460 e. The van der Waals surface area contributed by atoms with E-state index in [0.717, 1.165) is 5.19 Å². The maximum Gasteiger partial charge on any atom is 0.309 e. The standard InChI is InChI=1S/C23H30O5SSi/c1-23(2,3)28-21(25)16-18(24)17-22(29(26,27)19-12-8-6-9-13-19)30(4,5)20-14-10-7-11-15-20/h6-15,17-18,24H,16H2,1-5H3/b22-17-/t18-/m1/s1. The van der Waals surface area contributed by atoms with Crippen molar-refractivity contribution in [3.05, 3.63) is 71.3 Å². The third kappa shape index (κ3) is 6.14. The Kier molecular flexibility index (Phi) is 7.44. The van der Waals surface area contributed by atoms with Crippen molar-refractivity contribution in [3.63, 3.8) is 0 Å². The summed E-state index contributed by atoms with van der Waals surface area (Å²) < 4.78 is 32.5. The zero-order chi connectivity index (χ0) is 22.6. The first-order valence-corrected chi connectivity index (χ1v) is 14.3. The molecule has 162 valence electrons. The Hall–Kier alpha value is -2.22. The number of hydrogen-bond acceptors (Lipinski definition) is 5. The monoisotopic (exact) mass is 446 g/mol. The van der Waals surface area contributed by atoms with Crippen LogP contribution in [0.4, 0.5) is 0 Å². The van der Waals surface area contributed by atoms with E-state index in [4.69, 9.17) is 4.74 Å². The highest BCUT2D eigenvalue weighted by molar-refractivity contribution is 7.98. The molecular weight excluding hydrogens is 416 g/mol. The highest BCUT2D eigenvalue weighted by Crippen LogP contribution is 2.28. The molecule has 2 rings (SSSR count). The molecule has 0 spiro atoms. The Bertz CT molecular complexity index is 991. The van der Waals surface area contributed by atoms with Crippen LogP contribution in [0, 0.1) is 0 Å². The van der Waals surface area contributed by atoms with E-state index in [9.17, 15) is 18.3 Å². The fourth-order valence-corrected chi connectivity index (χ4v) is 9.56. The molecule has 7 heteroatoms. The topological polar surface area (TPSA) is 80.7 Å². The van der Waals surface area contributed by atoms with E-state index in [1.165, 1.54) is 6.08 Å². The summed E-state index contributed by atoms with van der Waals surface area (Å²) in [6.07, 6.45) is -0.264. The molecule has 0 amide bonds. The molecule has 0 saturated heterocycles. The van der Waals surface area contributed by atoms with E-state index in [1.54, 1.807) is 51.1 Å². The quantitative estimate of drug-likeness (QED) is 0.519. The SMILES string of the molecule is CC(C)(C)OC(=O)C[C@@H](O)/C=C(\[Si](C)(C)c1ccccc1)S(=O)(=O)c1ccccc1. The van der Waals surface area contributed by atoms with Crippen molar-refractivity contribution in [2.45, 2.75) is 56.9 Å². The first-order chi connectivity index (χ1) is 13.8. The second-order valence-electron chi connectivity index (χ2n) is 8.70. The van der Waals surface area contributed by atoms with E-state index < -0.39 is 35.6 Å². The average molecular weight is 447 g/mol. The summed E-state index contributed by atoms with van der Waals surface area (Å²) in [6.45, 7) is 9.07. The van der Waals surface area contributed by atoms with Gasteiger partial charge in [-0.2, -0.15) is 0 Å². The summed E-state index contributed by atoms with van der Waals surface area (Å²) >= 11 is 0. The number of esters is 1. The third-order valence-corrected chi connectivity index (χ3v) is 11.7. The Morgan fingerprint density at radius 3 is 2.03 bits per heavy atom. The zero-order valence-electron chi connectivity index (χ0n) is 18.1. The van der Waals surface area contributed by atoms with Crippen molar-refractivity contribution >= 4 is 29.1 Å². The lowest BCUT2D eigenvalue weighted by molar-refractivity contribution is -0.156. The molecule has 2 aromatic rings. The van der Waals surface area contributed by atoms with Crippen LogP contribution in [0.1, 0.15) is 27.2 Å². The molecule has 0 fully saturated rings. The molecule has 0 aromatic heterocycles. The second-order valence-corrected chi connectivity index (χ2v) is 15.3. The van der Waals surface area contributed by atoms with Crippen molar-refractivity contribution in [2.75, 3.05) is 0 Å². The van der Waals surface area contributed by atoms with Crippen LogP contribution in [0.15, 0.2) is 76.2 Å². The minimum absolute atomic E-state index is 0.164.